The van der Waals surface area contributed by atoms with Gasteiger partial charge in [0.2, 0.25) is 11.8 Å². The number of nitro benzene ring substituents is 1. The predicted octanol–water partition coefficient (Wildman–Crippen LogP) is 4.66. The molecule has 0 aromatic heterocycles. The Balaban J connectivity index is 1.69. The monoisotopic (exact) mass is 608 g/mol. The first kappa shape index (κ1) is 31.5. The van der Waals surface area contributed by atoms with Gasteiger partial charge >= 0.3 is 0 Å². The van der Waals surface area contributed by atoms with Crippen molar-refractivity contribution in [3.63, 3.8) is 0 Å². The second-order valence-electron chi connectivity index (χ2n) is 10.5. The largest absolute Gasteiger partial charge is 0.497 e. The zero-order valence-corrected chi connectivity index (χ0v) is 25.0. The van der Waals surface area contributed by atoms with Crippen LogP contribution < -0.4 is 14.4 Å². The Kier molecular flexibility index (Phi) is 10.4. The van der Waals surface area contributed by atoms with Gasteiger partial charge in [0.25, 0.3) is 15.7 Å². The summed E-state index contributed by atoms with van der Waals surface area (Å²) in [6.07, 6.45) is 4.88. The molecule has 1 fully saturated rings. The third-order valence-corrected chi connectivity index (χ3v) is 9.36. The molecule has 1 aliphatic carbocycles. The number of sulfonamides is 1. The molecule has 0 radical (unpaired) electrons. The fraction of sp³-hybridized carbons (Fsp3) is 0.355. The van der Waals surface area contributed by atoms with Crippen LogP contribution in [0.2, 0.25) is 0 Å². The fourth-order valence-corrected chi connectivity index (χ4v) is 6.52. The topological polar surface area (TPSA) is 139 Å². The number of methoxy groups -OCH3 is 1. The molecular formula is C31H36N4O7S. The van der Waals surface area contributed by atoms with Gasteiger partial charge in [-0.2, -0.15) is 0 Å². The number of nitrogens with one attached hydrogen (secondary N) is 1. The number of carbonyl (C=O) groups excluding carboxylic acids is 2. The molecule has 3 aromatic carbocycles. The number of hydrogen-bond donors (Lipinski definition) is 1. The van der Waals surface area contributed by atoms with Crippen LogP contribution in [0.25, 0.3) is 0 Å². The molecule has 228 valence electrons. The van der Waals surface area contributed by atoms with Crippen molar-refractivity contribution in [2.24, 2.45) is 0 Å². The summed E-state index contributed by atoms with van der Waals surface area (Å²) in [4.78, 5) is 39.6. The summed E-state index contributed by atoms with van der Waals surface area (Å²) in [7, 11) is -2.79. The number of nitrogens with zero attached hydrogens (tertiary/aromatic N) is 3. The molecule has 1 atom stereocenters. The van der Waals surface area contributed by atoms with Gasteiger partial charge < -0.3 is 15.0 Å². The Morgan fingerprint density at radius 3 is 2.30 bits per heavy atom. The third kappa shape index (κ3) is 7.89. The lowest BCUT2D eigenvalue weighted by Crippen LogP contribution is -2.53. The highest BCUT2D eigenvalue weighted by molar-refractivity contribution is 7.92. The van der Waals surface area contributed by atoms with E-state index in [9.17, 15) is 28.1 Å². The number of rotatable bonds is 12. The molecule has 0 saturated heterocycles. The van der Waals surface area contributed by atoms with Crippen molar-refractivity contribution in [2.75, 3.05) is 18.0 Å². The van der Waals surface area contributed by atoms with Crippen LogP contribution in [0, 0.1) is 10.1 Å². The second kappa shape index (κ2) is 14.1. The van der Waals surface area contributed by atoms with Gasteiger partial charge in [-0.3, -0.25) is 24.0 Å². The molecule has 1 aliphatic rings. The highest BCUT2D eigenvalue weighted by atomic mass is 32.2. The number of carbonyl (C=O) groups is 2. The first-order valence-electron chi connectivity index (χ1n) is 14.1. The van der Waals surface area contributed by atoms with E-state index in [2.05, 4.69) is 5.32 Å². The van der Waals surface area contributed by atoms with Crippen molar-refractivity contribution in [1.29, 1.82) is 0 Å². The maximum absolute atomic E-state index is 14.1. The van der Waals surface area contributed by atoms with E-state index in [0.29, 0.717) is 11.3 Å². The number of hydrogen-bond acceptors (Lipinski definition) is 7. The molecule has 0 aliphatic heterocycles. The summed E-state index contributed by atoms with van der Waals surface area (Å²) in [6, 6.07) is 18.7. The van der Waals surface area contributed by atoms with Gasteiger partial charge in [0.15, 0.2) is 0 Å². The molecule has 12 heteroatoms. The van der Waals surface area contributed by atoms with E-state index in [1.54, 1.807) is 49.4 Å². The normalized spacial score (nSPS) is 14.4. The number of anilines is 1. The summed E-state index contributed by atoms with van der Waals surface area (Å²) in [6.45, 7) is 0.953. The molecule has 0 spiro atoms. The lowest BCUT2D eigenvalue weighted by Gasteiger charge is -2.33. The van der Waals surface area contributed by atoms with Gasteiger partial charge in [-0.25, -0.2) is 8.42 Å². The fourth-order valence-electron chi connectivity index (χ4n) is 5.09. The number of amides is 2. The van der Waals surface area contributed by atoms with E-state index >= 15 is 0 Å². The highest BCUT2D eigenvalue weighted by Crippen LogP contribution is 2.28. The average Bonchev–Trinajstić information content (AvgIpc) is 3.03. The van der Waals surface area contributed by atoms with Gasteiger partial charge in [0.05, 0.1) is 22.6 Å². The standard InChI is InChI=1S/C31H36N4O7S/c1-23(31(37)32-25-10-5-3-6-11-25)33(21-24-16-18-28(42-2)19-17-24)30(36)22-34(26-12-9-13-27(20-26)35(38)39)43(40,41)29-14-7-4-8-15-29/h4,7-9,12-20,23,25H,3,5-6,10-11,21-22H2,1-2H3,(H,32,37)/t23-/m1/s1. The molecule has 0 unspecified atom stereocenters. The minimum absolute atomic E-state index is 0.0152. The lowest BCUT2D eigenvalue weighted by molar-refractivity contribution is -0.384. The zero-order valence-electron chi connectivity index (χ0n) is 24.2. The van der Waals surface area contributed by atoms with Crippen molar-refractivity contribution in [3.8, 4) is 5.75 Å². The minimum Gasteiger partial charge on any atom is -0.497 e. The van der Waals surface area contributed by atoms with Gasteiger partial charge in [-0.1, -0.05) is 55.7 Å². The van der Waals surface area contributed by atoms with Gasteiger partial charge in [-0.15, -0.1) is 0 Å². The summed E-state index contributed by atoms with van der Waals surface area (Å²) >= 11 is 0. The van der Waals surface area contributed by atoms with Gasteiger partial charge in [-0.05, 0) is 55.7 Å². The molecule has 1 N–H and O–H groups in total. The van der Waals surface area contributed by atoms with E-state index in [1.165, 1.54) is 42.3 Å². The summed E-state index contributed by atoms with van der Waals surface area (Å²) in [5, 5.41) is 14.6. The number of non-ortho nitro benzene ring substituents is 1. The van der Waals surface area contributed by atoms with E-state index in [4.69, 9.17) is 4.74 Å². The predicted molar refractivity (Wildman–Crippen MR) is 162 cm³/mol. The van der Waals surface area contributed by atoms with E-state index in [-0.39, 0.29) is 34.8 Å². The van der Waals surface area contributed by atoms with Crippen LogP contribution in [0.15, 0.2) is 83.8 Å². The summed E-state index contributed by atoms with van der Waals surface area (Å²) in [5.41, 5.74) is 0.336. The average molecular weight is 609 g/mol. The molecule has 3 aromatic rings. The molecule has 0 bridgehead atoms. The van der Waals surface area contributed by atoms with Crippen LogP contribution in [0.3, 0.4) is 0 Å². The van der Waals surface area contributed by atoms with Crippen LogP contribution in [0.1, 0.15) is 44.6 Å². The molecule has 2 amide bonds. The van der Waals surface area contributed by atoms with Crippen LogP contribution in [-0.4, -0.2) is 55.8 Å². The van der Waals surface area contributed by atoms with Crippen molar-refractivity contribution >= 4 is 33.2 Å². The maximum Gasteiger partial charge on any atom is 0.271 e. The zero-order chi connectivity index (χ0) is 31.0. The Labute approximate surface area is 251 Å². The van der Waals surface area contributed by atoms with Crippen LogP contribution in [0.4, 0.5) is 11.4 Å². The van der Waals surface area contributed by atoms with Gasteiger partial charge in [0.1, 0.15) is 18.3 Å². The van der Waals surface area contributed by atoms with Crippen LogP contribution >= 0.6 is 0 Å². The third-order valence-electron chi connectivity index (χ3n) is 7.57. The molecule has 1 saturated carbocycles. The van der Waals surface area contributed by atoms with E-state index in [1.807, 2.05) is 0 Å². The van der Waals surface area contributed by atoms with Crippen molar-refractivity contribution in [2.45, 2.75) is 62.6 Å². The van der Waals surface area contributed by atoms with Crippen molar-refractivity contribution in [3.05, 3.63) is 94.5 Å². The number of nitro groups is 1. The van der Waals surface area contributed by atoms with Crippen LogP contribution in [-0.2, 0) is 26.2 Å². The first-order chi connectivity index (χ1) is 20.6. The second-order valence-corrected chi connectivity index (χ2v) is 12.4. The van der Waals surface area contributed by atoms with Crippen molar-refractivity contribution < 1.29 is 27.7 Å². The molecule has 0 heterocycles. The molecule has 4 rings (SSSR count). The lowest BCUT2D eigenvalue weighted by atomic mass is 9.95. The Morgan fingerprint density at radius 1 is 1.00 bits per heavy atom. The maximum atomic E-state index is 14.1. The molecule has 11 nitrogen and oxygen atoms in total. The molecule has 43 heavy (non-hydrogen) atoms. The minimum atomic E-state index is -4.33. The van der Waals surface area contributed by atoms with E-state index in [0.717, 1.165) is 42.5 Å². The smallest absolute Gasteiger partial charge is 0.271 e. The van der Waals surface area contributed by atoms with Gasteiger partial charge in [0, 0.05) is 24.7 Å². The van der Waals surface area contributed by atoms with E-state index < -0.39 is 33.4 Å². The SMILES string of the molecule is COc1ccc(CN(C(=O)CN(c2cccc([N+](=O)[O-])c2)S(=O)(=O)c2ccccc2)[C@H](C)C(=O)NC2CCCCC2)cc1. The van der Waals surface area contributed by atoms with Crippen molar-refractivity contribution in [1.82, 2.24) is 10.2 Å². The summed E-state index contributed by atoms with van der Waals surface area (Å²) < 4.78 is 33.8. The first-order valence-corrected chi connectivity index (χ1v) is 15.6. The summed E-state index contributed by atoms with van der Waals surface area (Å²) in [5.74, 6) is -0.356. The Hall–Kier alpha value is -4.45. The highest BCUT2D eigenvalue weighted by Gasteiger charge is 2.33. The molecular weight excluding hydrogens is 572 g/mol. The Bertz CT molecular complexity index is 1530. The number of benzene rings is 3. The quantitative estimate of drug-likeness (QED) is 0.233. The Morgan fingerprint density at radius 2 is 1.67 bits per heavy atom. The van der Waals surface area contributed by atoms with Crippen LogP contribution in [0.5, 0.6) is 5.75 Å². The number of ether oxygens (including phenoxy) is 1.